The maximum Gasteiger partial charge on any atom is 0.236 e. The number of rotatable bonds is 4. The molecule has 1 aromatic carbocycles. The van der Waals surface area contributed by atoms with Crippen molar-refractivity contribution in [2.75, 3.05) is 0 Å². The van der Waals surface area contributed by atoms with E-state index < -0.39 is 0 Å². The van der Waals surface area contributed by atoms with Crippen molar-refractivity contribution >= 4 is 24.2 Å². The molecular formula is C14H20ClN3OS. The second-order valence-electron chi connectivity index (χ2n) is 5.31. The summed E-state index contributed by atoms with van der Waals surface area (Å²) >= 11 is 1.79. The highest BCUT2D eigenvalue weighted by Gasteiger charge is 2.14. The van der Waals surface area contributed by atoms with Crippen LogP contribution in [0.3, 0.4) is 0 Å². The maximum absolute atomic E-state index is 5.57. The van der Waals surface area contributed by atoms with E-state index in [-0.39, 0.29) is 17.2 Å². The predicted molar refractivity (Wildman–Crippen MR) is 85.9 cm³/mol. The summed E-state index contributed by atoms with van der Waals surface area (Å²) in [5, 5.41) is 4.01. The highest BCUT2D eigenvalue weighted by molar-refractivity contribution is 7.99. The van der Waals surface area contributed by atoms with E-state index in [1.807, 2.05) is 24.3 Å². The molecule has 0 spiro atoms. The summed E-state index contributed by atoms with van der Waals surface area (Å²) in [6.45, 7) is 7.04. The van der Waals surface area contributed by atoms with Crippen molar-refractivity contribution in [2.24, 2.45) is 5.73 Å². The fourth-order valence-corrected chi connectivity index (χ4v) is 2.17. The highest BCUT2D eigenvalue weighted by Crippen LogP contribution is 2.27. The topological polar surface area (TPSA) is 64.9 Å². The Hall–Kier alpha value is -1.04. The van der Waals surface area contributed by atoms with Crippen LogP contribution in [0, 0.1) is 0 Å². The largest absolute Gasteiger partial charge is 0.338 e. The van der Waals surface area contributed by atoms with Gasteiger partial charge in [0.2, 0.25) is 11.7 Å². The Kier molecular flexibility index (Phi) is 6.05. The van der Waals surface area contributed by atoms with Gasteiger partial charge in [-0.1, -0.05) is 50.2 Å². The number of hydrogen-bond acceptors (Lipinski definition) is 5. The van der Waals surface area contributed by atoms with Gasteiger partial charge in [0.15, 0.2) is 0 Å². The Morgan fingerprint density at radius 1 is 1.20 bits per heavy atom. The summed E-state index contributed by atoms with van der Waals surface area (Å²) in [4.78, 5) is 4.41. The molecule has 0 atom stereocenters. The Morgan fingerprint density at radius 2 is 1.85 bits per heavy atom. The van der Waals surface area contributed by atoms with Crippen molar-refractivity contribution in [3.8, 4) is 11.4 Å². The van der Waals surface area contributed by atoms with Crippen LogP contribution in [0.15, 0.2) is 28.8 Å². The third-order valence-corrected chi connectivity index (χ3v) is 3.80. The van der Waals surface area contributed by atoms with Crippen LogP contribution in [0.25, 0.3) is 11.4 Å². The van der Waals surface area contributed by atoms with Crippen LogP contribution in [0.5, 0.6) is 0 Å². The second kappa shape index (κ2) is 7.11. The van der Waals surface area contributed by atoms with Crippen LogP contribution >= 0.6 is 24.2 Å². The van der Waals surface area contributed by atoms with Gasteiger partial charge in [-0.25, -0.2) is 0 Å². The quantitative estimate of drug-likeness (QED) is 0.933. The fourth-order valence-electron chi connectivity index (χ4n) is 1.50. The lowest BCUT2D eigenvalue weighted by Gasteiger charge is -2.15. The molecule has 0 aliphatic rings. The molecule has 0 bridgehead atoms. The van der Waals surface area contributed by atoms with E-state index in [0.29, 0.717) is 18.3 Å². The molecule has 110 valence electrons. The Labute approximate surface area is 129 Å². The van der Waals surface area contributed by atoms with Crippen molar-refractivity contribution in [1.82, 2.24) is 10.1 Å². The van der Waals surface area contributed by atoms with Crippen molar-refractivity contribution in [3.63, 3.8) is 0 Å². The van der Waals surface area contributed by atoms with Gasteiger partial charge in [-0.3, -0.25) is 0 Å². The number of thioether (sulfide) groups is 1. The number of nitrogens with two attached hydrogens (primary N) is 1. The van der Waals surface area contributed by atoms with Gasteiger partial charge in [-0.2, -0.15) is 4.98 Å². The lowest BCUT2D eigenvalue weighted by atomic mass is 10.1. The fraction of sp³-hybridized carbons (Fsp3) is 0.429. The Morgan fingerprint density at radius 3 is 2.40 bits per heavy atom. The maximum atomic E-state index is 5.57. The van der Waals surface area contributed by atoms with Gasteiger partial charge in [0.05, 0.1) is 5.75 Å². The number of aromatic nitrogens is 2. The second-order valence-corrected chi connectivity index (χ2v) is 7.12. The minimum atomic E-state index is 0. The summed E-state index contributed by atoms with van der Waals surface area (Å²) in [7, 11) is 0. The smallest absolute Gasteiger partial charge is 0.236 e. The van der Waals surface area contributed by atoms with Crippen molar-refractivity contribution in [2.45, 2.75) is 37.8 Å². The molecule has 0 unspecified atom stereocenters. The van der Waals surface area contributed by atoms with Gasteiger partial charge in [0.25, 0.3) is 0 Å². The van der Waals surface area contributed by atoms with E-state index in [9.17, 15) is 0 Å². The number of hydrogen-bond donors (Lipinski definition) is 1. The molecule has 4 nitrogen and oxygen atoms in total. The van der Waals surface area contributed by atoms with Crippen LogP contribution in [0.2, 0.25) is 0 Å². The van der Waals surface area contributed by atoms with Crippen molar-refractivity contribution in [1.29, 1.82) is 0 Å². The number of halogens is 1. The minimum Gasteiger partial charge on any atom is -0.338 e. The third kappa shape index (κ3) is 4.81. The molecule has 0 fully saturated rings. The summed E-state index contributed by atoms with van der Waals surface area (Å²) in [6.07, 6.45) is 0. The van der Waals surface area contributed by atoms with E-state index in [1.54, 1.807) is 11.8 Å². The molecule has 2 N–H and O–H groups in total. The van der Waals surface area contributed by atoms with Crippen LogP contribution < -0.4 is 5.73 Å². The standard InChI is InChI=1S/C14H19N3OS.ClH/c1-14(2,3)19-9-12-16-13(17-18-12)11-6-4-10(8-15)5-7-11;/h4-7H,8-9,15H2,1-3H3;1H. The van der Waals surface area contributed by atoms with Crippen LogP contribution in [-0.2, 0) is 12.3 Å². The van der Waals surface area contributed by atoms with Gasteiger partial charge >= 0.3 is 0 Å². The highest BCUT2D eigenvalue weighted by atomic mass is 35.5. The average molecular weight is 314 g/mol. The van der Waals surface area contributed by atoms with E-state index in [4.69, 9.17) is 10.3 Å². The first-order valence-electron chi connectivity index (χ1n) is 6.24. The normalized spacial score (nSPS) is 11.2. The summed E-state index contributed by atoms with van der Waals surface area (Å²) < 4.78 is 5.46. The third-order valence-electron chi connectivity index (χ3n) is 2.54. The van der Waals surface area contributed by atoms with Gasteiger partial charge in [0.1, 0.15) is 0 Å². The number of benzene rings is 1. The molecule has 0 radical (unpaired) electrons. The molecule has 0 saturated heterocycles. The lowest BCUT2D eigenvalue weighted by molar-refractivity contribution is 0.391. The van der Waals surface area contributed by atoms with E-state index in [2.05, 4.69) is 30.9 Å². The van der Waals surface area contributed by atoms with Gasteiger partial charge in [-0.05, 0) is 5.56 Å². The molecule has 20 heavy (non-hydrogen) atoms. The van der Waals surface area contributed by atoms with Gasteiger partial charge in [0, 0.05) is 16.9 Å². The van der Waals surface area contributed by atoms with Gasteiger partial charge < -0.3 is 10.3 Å². The summed E-state index contributed by atoms with van der Waals surface area (Å²) in [6, 6.07) is 7.89. The molecule has 6 heteroatoms. The molecule has 2 rings (SSSR count). The molecule has 2 aromatic rings. The van der Waals surface area contributed by atoms with Crippen molar-refractivity contribution < 1.29 is 4.52 Å². The SMILES string of the molecule is CC(C)(C)SCc1nc(-c2ccc(CN)cc2)no1.Cl. The van der Waals surface area contributed by atoms with E-state index in [1.165, 1.54) is 0 Å². The molecule has 1 aromatic heterocycles. The molecule has 0 amide bonds. The van der Waals surface area contributed by atoms with E-state index in [0.717, 1.165) is 16.9 Å². The zero-order valence-electron chi connectivity index (χ0n) is 11.9. The van der Waals surface area contributed by atoms with Crippen LogP contribution in [0.4, 0.5) is 0 Å². The number of nitrogens with zero attached hydrogens (tertiary/aromatic N) is 2. The summed E-state index contributed by atoms with van der Waals surface area (Å²) in [5.74, 6) is 2.03. The Bertz CT molecular complexity index is 534. The van der Waals surface area contributed by atoms with Crippen LogP contribution in [0.1, 0.15) is 32.2 Å². The van der Waals surface area contributed by atoms with Crippen molar-refractivity contribution in [3.05, 3.63) is 35.7 Å². The average Bonchev–Trinajstić information content (AvgIpc) is 2.84. The Balaban J connectivity index is 0.00000200. The zero-order chi connectivity index (χ0) is 13.9. The molecule has 0 aliphatic heterocycles. The molecule has 0 saturated carbocycles. The van der Waals surface area contributed by atoms with Crippen LogP contribution in [-0.4, -0.2) is 14.9 Å². The first kappa shape index (κ1) is 17.0. The van der Waals surface area contributed by atoms with E-state index >= 15 is 0 Å². The zero-order valence-corrected chi connectivity index (χ0v) is 13.6. The minimum absolute atomic E-state index is 0. The lowest BCUT2D eigenvalue weighted by Crippen LogP contribution is -2.07. The molecular weight excluding hydrogens is 294 g/mol. The monoisotopic (exact) mass is 313 g/mol. The first-order valence-corrected chi connectivity index (χ1v) is 7.22. The summed E-state index contributed by atoms with van der Waals surface area (Å²) in [5.41, 5.74) is 7.62. The van der Waals surface area contributed by atoms with Gasteiger partial charge in [-0.15, -0.1) is 24.2 Å². The predicted octanol–water partition coefficient (Wildman–Crippen LogP) is 3.65. The first-order chi connectivity index (χ1) is 8.98. The molecule has 0 aliphatic carbocycles. The molecule has 1 heterocycles.